The molecule has 1 aliphatic rings. The number of ether oxygens (including phenoxy) is 4. The maximum absolute atomic E-state index is 12.2. The van der Waals surface area contributed by atoms with Gasteiger partial charge < -0.3 is 29.6 Å². The zero-order valence-corrected chi connectivity index (χ0v) is 16.3. The van der Waals surface area contributed by atoms with Crippen molar-refractivity contribution < 1.29 is 23.7 Å². The quantitative estimate of drug-likeness (QED) is 0.720. The average molecular weight is 387 g/mol. The maximum atomic E-state index is 12.2. The molecule has 1 unspecified atom stereocenters. The predicted octanol–water partition coefficient (Wildman–Crippen LogP) is 2.76. The first kappa shape index (κ1) is 19.8. The van der Waals surface area contributed by atoms with Crippen molar-refractivity contribution in [2.75, 3.05) is 39.8 Å². The summed E-state index contributed by atoms with van der Waals surface area (Å²) in [6.07, 6.45) is 3.72. The van der Waals surface area contributed by atoms with Crippen LogP contribution in [0.1, 0.15) is 23.3 Å². The summed E-state index contributed by atoms with van der Waals surface area (Å²) in [4.78, 5) is 16.4. The summed E-state index contributed by atoms with van der Waals surface area (Å²) >= 11 is 0. The molecule has 1 fully saturated rings. The van der Waals surface area contributed by atoms with E-state index in [-0.39, 0.29) is 12.0 Å². The number of hydrogen-bond acceptors (Lipinski definition) is 7. The van der Waals surface area contributed by atoms with Gasteiger partial charge >= 0.3 is 0 Å². The summed E-state index contributed by atoms with van der Waals surface area (Å²) in [6, 6.07) is 7.05. The van der Waals surface area contributed by atoms with Gasteiger partial charge in [-0.1, -0.05) is 0 Å². The number of carbonyl (C=O) groups excluding carboxylic acids is 1. The van der Waals surface area contributed by atoms with Crippen molar-refractivity contribution in [3.05, 3.63) is 36.2 Å². The lowest BCUT2D eigenvalue weighted by molar-refractivity contribution is 0.0854. The van der Waals surface area contributed by atoms with E-state index in [1.165, 1.54) is 0 Å². The van der Waals surface area contributed by atoms with Crippen molar-refractivity contribution in [1.29, 1.82) is 0 Å². The number of nitrogens with one attached hydrogen (secondary N) is 2. The Bertz CT molecular complexity index is 779. The lowest BCUT2D eigenvalue weighted by Crippen LogP contribution is -2.32. The van der Waals surface area contributed by atoms with Crippen LogP contribution in [0.5, 0.6) is 17.2 Å². The van der Waals surface area contributed by atoms with Gasteiger partial charge in [0.05, 0.1) is 39.3 Å². The van der Waals surface area contributed by atoms with Crippen molar-refractivity contribution >= 4 is 17.3 Å². The summed E-state index contributed by atoms with van der Waals surface area (Å²) < 4.78 is 21.5. The van der Waals surface area contributed by atoms with Crippen molar-refractivity contribution in [2.45, 2.75) is 18.9 Å². The molecule has 2 heterocycles. The number of pyridine rings is 1. The first-order valence-electron chi connectivity index (χ1n) is 9.07. The highest BCUT2D eigenvalue weighted by Crippen LogP contribution is 2.40. The number of benzene rings is 1. The van der Waals surface area contributed by atoms with Crippen LogP contribution in [-0.4, -0.2) is 51.5 Å². The highest BCUT2D eigenvalue weighted by atomic mass is 16.5. The fourth-order valence-electron chi connectivity index (χ4n) is 3.02. The Balaban J connectivity index is 1.66. The van der Waals surface area contributed by atoms with E-state index in [1.54, 1.807) is 51.8 Å². The van der Waals surface area contributed by atoms with Crippen LogP contribution in [-0.2, 0) is 4.74 Å². The van der Waals surface area contributed by atoms with E-state index in [4.69, 9.17) is 18.9 Å². The molecule has 0 aliphatic carbocycles. The van der Waals surface area contributed by atoms with Gasteiger partial charge in [0.1, 0.15) is 5.69 Å². The Kier molecular flexibility index (Phi) is 6.54. The molecule has 3 rings (SSSR count). The number of methoxy groups -OCH3 is 3. The average Bonchev–Trinajstić information content (AvgIpc) is 3.25. The second-order valence-corrected chi connectivity index (χ2v) is 6.32. The number of carbonyl (C=O) groups is 1. The van der Waals surface area contributed by atoms with Gasteiger partial charge in [0.15, 0.2) is 11.5 Å². The molecule has 0 spiro atoms. The predicted molar refractivity (Wildman–Crippen MR) is 105 cm³/mol. The fourth-order valence-corrected chi connectivity index (χ4v) is 3.02. The second kappa shape index (κ2) is 9.27. The van der Waals surface area contributed by atoms with Gasteiger partial charge in [-0.2, -0.15) is 0 Å². The van der Waals surface area contributed by atoms with Crippen LogP contribution in [0.4, 0.5) is 11.4 Å². The van der Waals surface area contributed by atoms with Crippen LogP contribution in [0.25, 0.3) is 0 Å². The molecule has 8 nitrogen and oxygen atoms in total. The molecule has 0 saturated carbocycles. The van der Waals surface area contributed by atoms with Crippen LogP contribution in [0.3, 0.4) is 0 Å². The third-order valence-corrected chi connectivity index (χ3v) is 4.46. The van der Waals surface area contributed by atoms with E-state index >= 15 is 0 Å². The topological polar surface area (TPSA) is 90.9 Å². The van der Waals surface area contributed by atoms with E-state index < -0.39 is 0 Å². The first-order valence-corrected chi connectivity index (χ1v) is 9.07. The van der Waals surface area contributed by atoms with Crippen molar-refractivity contribution in [1.82, 2.24) is 10.3 Å². The van der Waals surface area contributed by atoms with Crippen molar-refractivity contribution in [3.63, 3.8) is 0 Å². The van der Waals surface area contributed by atoms with Crippen LogP contribution in [0, 0.1) is 0 Å². The summed E-state index contributed by atoms with van der Waals surface area (Å²) in [5, 5.41) is 6.08. The standard InChI is InChI=1S/C20H25N3O5/c1-25-17-9-14(10-18(26-2)19(17)27-3)23-13-6-7-16(21-11-13)20(24)22-12-15-5-4-8-28-15/h6-7,9-11,15,23H,4-5,8,12H2,1-3H3,(H,22,24). The Morgan fingerprint density at radius 1 is 1.14 bits per heavy atom. The lowest BCUT2D eigenvalue weighted by Gasteiger charge is -2.15. The van der Waals surface area contributed by atoms with Gasteiger partial charge in [0, 0.05) is 31.0 Å². The smallest absolute Gasteiger partial charge is 0.269 e. The molecule has 1 aromatic carbocycles. The van der Waals surface area contributed by atoms with E-state index in [0.29, 0.717) is 29.5 Å². The van der Waals surface area contributed by atoms with Gasteiger partial charge in [0.2, 0.25) is 5.75 Å². The van der Waals surface area contributed by atoms with E-state index in [2.05, 4.69) is 15.6 Å². The molecule has 1 amide bonds. The molecule has 1 aromatic heterocycles. The number of aromatic nitrogens is 1. The van der Waals surface area contributed by atoms with E-state index in [1.807, 2.05) is 0 Å². The van der Waals surface area contributed by atoms with Gasteiger partial charge in [0.25, 0.3) is 5.91 Å². The molecule has 0 bridgehead atoms. The summed E-state index contributed by atoms with van der Waals surface area (Å²) in [5.74, 6) is 1.40. The molecule has 8 heteroatoms. The van der Waals surface area contributed by atoms with Gasteiger partial charge in [-0.25, -0.2) is 4.98 Å². The third-order valence-electron chi connectivity index (χ3n) is 4.46. The molecule has 2 aromatic rings. The number of anilines is 2. The number of rotatable bonds is 8. The Hall–Kier alpha value is -3.00. The minimum atomic E-state index is -0.213. The molecule has 2 N–H and O–H groups in total. The number of hydrogen-bond donors (Lipinski definition) is 2. The highest BCUT2D eigenvalue weighted by molar-refractivity contribution is 5.92. The lowest BCUT2D eigenvalue weighted by atomic mass is 10.2. The third kappa shape index (κ3) is 4.64. The number of nitrogens with zero attached hydrogens (tertiary/aromatic N) is 1. The largest absolute Gasteiger partial charge is 0.493 e. The second-order valence-electron chi connectivity index (χ2n) is 6.32. The number of amides is 1. The van der Waals surface area contributed by atoms with Crippen LogP contribution in [0.15, 0.2) is 30.5 Å². The van der Waals surface area contributed by atoms with E-state index in [0.717, 1.165) is 30.8 Å². The van der Waals surface area contributed by atoms with E-state index in [9.17, 15) is 4.79 Å². The fraction of sp³-hybridized carbons (Fsp3) is 0.400. The molecule has 1 saturated heterocycles. The zero-order valence-electron chi connectivity index (χ0n) is 16.3. The molecular formula is C20H25N3O5. The Labute approximate surface area is 164 Å². The molecule has 1 atom stereocenters. The summed E-state index contributed by atoms with van der Waals surface area (Å²) in [6.45, 7) is 1.27. The normalized spacial score (nSPS) is 15.8. The summed E-state index contributed by atoms with van der Waals surface area (Å²) in [7, 11) is 4.68. The Morgan fingerprint density at radius 2 is 1.89 bits per heavy atom. The monoisotopic (exact) mass is 387 g/mol. The SMILES string of the molecule is COc1cc(Nc2ccc(C(=O)NCC3CCCO3)nc2)cc(OC)c1OC. The van der Waals surface area contributed by atoms with Crippen LogP contribution in [0.2, 0.25) is 0 Å². The molecule has 1 aliphatic heterocycles. The van der Waals surface area contributed by atoms with Gasteiger partial charge in [-0.15, -0.1) is 0 Å². The molecule has 28 heavy (non-hydrogen) atoms. The van der Waals surface area contributed by atoms with Crippen LogP contribution < -0.4 is 24.8 Å². The minimum absolute atomic E-state index is 0.102. The van der Waals surface area contributed by atoms with Crippen LogP contribution >= 0.6 is 0 Å². The van der Waals surface area contributed by atoms with Gasteiger partial charge in [-0.05, 0) is 25.0 Å². The molecule has 0 radical (unpaired) electrons. The van der Waals surface area contributed by atoms with Crippen molar-refractivity contribution in [2.24, 2.45) is 0 Å². The highest BCUT2D eigenvalue weighted by Gasteiger charge is 2.17. The maximum Gasteiger partial charge on any atom is 0.269 e. The first-order chi connectivity index (χ1) is 13.6. The van der Waals surface area contributed by atoms with Gasteiger partial charge in [-0.3, -0.25) is 4.79 Å². The van der Waals surface area contributed by atoms with Crippen molar-refractivity contribution in [3.8, 4) is 17.2 Å². The molecule has 150 valence electrons. The Morgan fingerprint density at radius 3 is 2.43 bits per heavy atom. The molecular weight excluding hydrogens is 362 g/mol. The zero-order chi connectivity index (χ0) is 19.9. The summed E-state index contributed by atoms with van der Waals surface area (Å²) in [5.41, 5.74) is 1.82. The minimum Gasteiger partial charge on any atom is -0.493 e.